The second-order valence-corrected chi connectivity index (χ2v) is 4.59. The fraction of sp³-hybridized carbons (Fsp3) is 0.533. The number of hydrogen-bond donors (Lipinski definition) is 2. The molecule has 1 atom stereocenters. The van der Waals surface area contributed by atoms with Gasteiger partial charge in [0.1, 0.15) is 0 Å². The Morgan fingerprint density at radius 3 is 2.70 bits per heavy atom. The van der Waals surface area contributed by atoms with Gasteiger partial charge in [-0.15, -0.1) is 0 Å². The number of benzene rings is 1. The fourth-order valence-electron chi connectivity index (χ4n) is 1.86. The van der Waals surface area contributed by atoms with E-state index in [1.54, 1.807) is 7.11 Å². The van der Waals surface area contributed by atoms with Crippen LogP contribution in [0.4, 0.5) is 0 Å². The first-order chi connectivity index (χ1) is 9.62. The Kier molecular flexibility index (Phi) is 6.87. The molecule has 0 saturated heterocycles. The molecule has 0 heterocycles. The highest BCUT2D eigenvalue weighted by Crippen LogP contribution is 2.27. The lowest BCUT2D eigenvalue weighted by molar-refractivity contribution is -0.124. The highest BCUT2D eigenvalue weighted by Gasteiger charge is 2.12. The maximum Gasteiger partial charge on any atom is 0.224 e. The van der Waals surface area contributed by atoms with E-state index in [-0.39, 0.29) is 11.8 Å². The molecule has 0 saturated carbocycles. The van der Waals surface area contributed by atoms with Gasteiger partial charge in [-0.05, 0) is 31.7 Å². The molecule has 1 aromatic rings. The van der Waals surface area contributed by atoms with Crippen molar-refractivity contribution in [1.82, 2.24) is 10.6 Å². The smallest absolute Gasteiger partial charge is 0.224 e. The van der Waals surface area contributed by atoms with E-state index in [4.69, 9.17) is 9.47 Å². The highest BCUT2D eigenvalue weighted by atomic mass is 16.5. The minimum Gasteiger partial charge on any atom is -0.493 e. The van der Waals surface area contributed by atoms with Crippen LogP contribution in [-0.2, 0) is 11.3 Å². The van der Waals surface area contributed by atoms with E-state index in [1.807, 2.05) is 39.1 Å². The van der Waals surface area contributed by atoms with Crippen molar-refractivity contribution in [2.45, 2.75) is 20.4 Å². The number of carbonyl (C=O) groups is 1. The molecule has 1 rings (SSSR count). The summed E-state index contributed by atoms with van der Waals surface area (Å²) in [6.45, 7) is 5.54. The van der Waals surface area contributed by atoms with Gasteiger partial charge in [0.2, 0.25) is 5.91 Å². The van der Waals surface area contributed by atoms with Crippen LogP contribution in [0.25, 0.3) is 0 Å². The average molecular weight is 280 g/mol. The molecular formula is C15H24N2O3. The molecule has 2 N–H and O–H groups in total. The van der Waals surface area contributed by atoms with Crippen molar-refractivity contribution in [3.8, 4) is 11.5 Å². The second-order valence-electron chi connectivity index (χ2n) is 4.59. The summed E-state index contributed by atoms with van der Waals surface area (Å²) in [6.07, 6.45) is 0. The van der Waals surface area contributed by atoms with E-state index < -0.39 is 0 Å². The van der Waals surface area contributed by atoms with E-state index in [2.05, 4.69) is 10.6 Å². The quantitative estimate of drug-likeness (QED) is 0.759. The molecule has 112 valence electrons. The van der Waals surface area contributed by atoms with Gasteiger partial charge in [0.05, 0.1) is 13.7 Å². The first-order valence-corrected chi connectivity index (χ1v) is 6.84. The van der Waals surface area contributed by atoms with Crippen LogP contribution in [0.3, 0.4) is 0 Å². The van der Waals surface area contributed by atoms with E-state index in [1.165, 1.54) is 0 Å². The third-order valence-corrected chi connectivity index (χ3v) is 2.95. The Morgan fingerprint density at radius 2 is 2.10 bits per heavy atom. The normalized spacial score (nSPS) is 11.8. The molecule has 0 bridgehead atoms. The lowest BCUT2D eigenvalue weighted by Crippen LogP contribution is -2.33. The molecule has 5 nitrogen and oxygen atoms in total. The summed E-state index contributed by atoms with van der Waals surface area (Å²) in [6, 6.07) is 5.67. The van der Waals surface area contributed by atoms with Crippen molar-refractivity contribution in [2.24, 2.45) is 5.92 Å². The summed E-state index contributed by atoms with van der Waals surface area (Å²) >= 11 is 0. The predicted octanol–water partition coefficient (Wildman–Crippen LogP) is 1.57. The minimum atomic E-state index is -0.0513. The molecule has 0 spiro atoms. The van der Waals surface area contributed by atoms with Gasteiger partial charge in [-0.1, -0.05) is 13.0 Å². The van der Waals surface area contributed by atoms with Crippen LogP contribution in [0, 0.1) is 5.92 Å². The van der Waals surface area contributed by atoms with Crippen LogP contribution in [0.2, 0.25) is 0 Å². The van der Waals surface area contributed by atoms with Crippen LogP contribution >= 0.6 is 0 Å². The van der Waals surface area contributed by atoms with Crippen molar-refractivity contribution >= 4 is 5.91 Å². The summed E-state index contributed by atoms with van der Waals surface area (Å²) in [5.74, 6) is 1.38. The monoisotopic (exact) mass is 280 g/mol. The van der Waals surface area contributed by atoms with Crippen LogP contribution in [0.15, 0.2) is 18.2 Å². The summed E-state index contributed by atoms with van der Waals surface area (Å²) in [5.41, 5.74) is 0.985. The molecule has 0 aliphatic carbocycles. The van der Waals surface area contributed by atoms with E-state index in [0.717, 1.165) is 5.56 Å². The van der Waals surface area contributed by atoms with Crippen molar-refractivity contribution in [1.29, 1.82) is 0 Å². The van der Waals surface area contributed by atoms with Gasteiger partial charge in [0, 0.05) is 19.0 Å². The van der Waals surface area contributed by atoms with Gasteiger partial charge >= 0.3 is 0 Å². The van der Waals surface area contributed by atoms with Gasteiger partial charge in [-0.25, -0.2) is 0 Å². The van der Waals surface area contributed by atoms with Gasteiger partial charge < -0.3 is 20.1 Å². The van der Waals surface area contributed by atoms with Crippen molar-refractivity contribution in [2.75, 3.05) is 27.3 Å². The lowest BCUT2D eigenvalue weighted by atomic mass is 10.1. The molecule has 1 unspecified atom stereocenters. The van der Waals surface area contributed by atoms with Gasteiger partial charge in [0.25, 0.3) is 0 Å². The zero-order chi connectivity index (χ0) is 15.0. The molecule has 1 amide bonds. The van der Waals surface area contributed by atoms with Crippen molar-refractivity contribution in [3.63, 3.8) is 0 Å². The maximum atomic E-state index is 11.8. The van der Waals surface area contributed by atoms with E-state index in [9.17, 15) is 4.79 Å². The predicted molar refractivity (Wildman–Crippen MR) is 79.1 cm³/mol. The minimum absolute atomic E-state index is 0.0353. The molecule has 20 heavy (non-hydrogen) atoms. The number of nitrogens with one attached hydrogen (secondary N) is 2. The standard InChI is InChI=1S/C15H24N2O3/c1-5-20-14-8-12(6-7-13(14)19-4)10-17-15(18)11(2)9-16-3/h6-8,11,16H,5,9-10H2,1-4H3,(H,17,18). The largest absolute Gasteiger partial charge is 0.493 e. The second kappa shape index (κ2) is 8.43. The zero-order valence-electron chi connectivity index (χ0n) is 12.7. The number of methoxy groups -OCH3 is 1. The summed E-state index contributed by atoms with van der Waals surface area (Å²) in [7, 11) is 3.44. The first-order valence-electron chi connectivity index (χ1n) is 6.84. The Labute approximate surface area is 120 Å². The molecule has 0 aromatic heterocycles. The van der Waals surface area contributed by atoms with E-state index in [0.29, 0.717) is 31.2 Å². The molecule has 1 aromatic carbocycles. The number of amides is 1. The molecule has 0 aliphatic rings. The van der Waals surface area contributed by atoms with Gasteiger partial charge in [-0.3, -0.25) is 4.79 Å². The number of rotatable bonds is 8. The molecular weight excluding hydrogens is 256 g/mol. The van der Waals surface area contributed by atoms with Crippen LogP contribution in [0.5, 0.6) is 11.5 Å². The van der Waals surface area contributed by atoms with Crippen LogP contribution < -0.4 is 20.1 Å². The summed E-state index contributed by atoms with van der Waals surface area (Å²) in [4.78, 5) is 11.8. The molecule has 0 radical (unpaired) electrons. The Bertz CT molecular complexity index is 435. The summed E-state index contributed by atoms with van der Waals surface area (Å²) in [5, 5.41) is 5.91. The maximum absolute atomic E-state index is 11.8. The van der Waals surface area contributed by atoms with Crippen molar-refractivity contribution in [3.05, 3.63) is 23.8 Å². The Balaban J connectivity index is 2.64. The van der Waals surface area contributed by atoms with Crippen LogP contribution in [-0.4, -0.2) is 33.2 Å². The number of ether oxygens (including phenoxy) is 2. The fourth-order valence-corrected chi connectivity index (χ4v) is 1.86. The van der Waals surface area contributed by atoms with Crippen molar-refractivity contribution < 1.29 is 14.3 Å². The molecule has 0 fully saturated rings. The van der Waals surface area contributed by atoms with Gasteiger partial charge in [-0.2, -0.15) is 0 Å². The lowest BCUT2D eigenvalue weighted by Gasteiger charge is -2.13. The zero-order valence-corrected chi connectivity index (χ0v) is 12.7. The Hall–Kier alpha value is -1.75. The SMILES string of the molecule is CCOc1cc(CNC(=O)C(C)CNC)ccc1OC. The highest BCUT2D eigenvalue weighted by molar-refractivity contribution is 5.78. The first kappa shape index (κ1) is 16.3. The third kappa shape index (κ3) is 4.74. The van der Waals surface area contributed by atoms with Gasteiger partial charge in [0.15, 0.2) is 11.5 Å². The molecule has 5 heteroatoms. The van der Waals surface area contributed by atoms with Crippen LogP contribution in [0.1, 0.15) is 19.4 Å². The summed E-state index contributed by atoms with van der Waals surface area (Å²) < 4.78 is 10.7. The Morgan fingerprint density at radius 1 is 1.35 bits per heavy atom. The number of hydrogen-bond acceptors (Lipinski definition) is 4. The van der Waals surface area contributed by atoms with E-state index >= 15 is 0 Å². The number of carbonyl (C=O) groups excluding carboxylic acids is 1. The molecule has 0 aliphatic heterocycles. The average Bonchev–Trinajstić information content (AvgIpc) is 2.45. The topological polar surface area (TPSA) is 59.6 Å². The third-order valence-electron chi connectivity index (χ3n) is 2.95.